The average Bonchev–Trinajstić information content (AvgIpc) is 3.52. The number of carbonyl (C=O) groups is 1. The normalized spacial score (nSPS) is 20.6. The molecule has 2 aliphatic heterocycles. The molecule has 3 aromatic rings. The van der Waals surface area contributed by atoms with Gasteiger partial charge in [-0.15, -0.1) is 11.3 Å². The molecule has 1 unspecified atom stereocenters. The Bertz CT molecular complexity index is 1230. The molecule has 0 aliphatic carbocycles. The summed E-state index contributed by atoms with van der Waals surface area (Å²) in [4.78, 5) is 18.4. The Hall–Kier alpha value is -2.65. The Labute approximate surface area is 192 Å². The zero-order valence-electron chi connectivity index (χ0n) is 18.0. The van der Waals surface area contributed by atoms with Gasteiger partial charge in [0.05, 0.1) is 28.1 Å². The molecule has 9 heteroatoms. The Morgan fingerprint density at radius 3 is 2.56 bits per heavy atom. The second-order valence-corrected chi connectivity index (χ2v) is 11.7. The summed E-state index contributed by atoms with van der Waals surface area (Å²) in [5.41, 5.74) is 3.62. The van der Waals surface area contributed by atoms with Crippen LogP contribution in [-0.4, -0.2) is 66.7 Å². The third kappa shape index (κ3) is 4.19. The lowest BCUT2D eigenvalue weighted by atomic mass is 10.2. The molecule has 32 heavy (non-hydrogen) atoms. The second kappa shape index (κ2) is 8.37. The summed E-state index contributed by atoms with van der Waals surface area (Å²) >= 11 is 1.57. The van der Waals surface area contributed by atoms with Crippen LogP contribution in [-0.2, 0) is 9.84 Å². The quantitative estimate of drug-likeness (QED) is 0.585. The van der Waals surface area contributed by atoms with E-state index in [0.29, 0.717) is 25.2 Å². The molecule has 5 rings (SSSR count). The van der Waals surface area contributed by atoms with Gasteiger partial charge >= 0.3 is 0 Å². The van der Waals surface area contributed by atoms with E-state index in [1.54, 1.807) is 16.0 Å². The van der Waals surface area contributed by atoms with Crippen LogP contribution in [0.1, 0.15) is 28.5 Å². The van der Waals surface area contributed by atoms with Crippen LogP contribution in [0.25, 0.3) is 10.6 Å². The van der Waals surface area contributed by atoms with Crippen LogP contribution < -0.4 is 4.90 Å². The first-order valence-electron chi connectivity index (χ1n) is 10.8. The van der Waals surface area contributed by atoms with Gasteiger partial charge in [-0.3, -0.25) is 9.48 Å². The molecule has 0 N–H and O–H groups in total. The van der Waals surface area contributed by atoms with Crippen molar-refractivity contribution in [1.82, 2.24) is 14.7 Å². The number of anilines is 1. The van der Waals surface area contributed by atoms with Crippen LogP contribution >= 0.6 is 11.3 Å². The van der Waals surface area contributed by atoms with Crippen LogP contribution in [0.4, 0.5) is 5.69 Å². The van der Waals surface area contributed by atoms with Gasteiger partial charge in [-0.1, -0.05) is 18.2 Å². The third-order valence-electron chi connectivity index (χ3n) is 6.22. The zero-order chi connectivity index (χ0) is 22.3. The summed E-state index contributed by atoms with van der Waals surface area (Å²) in [6.07, 6.45) is 0.533. The minimum absolute atomic E-state index is 0.0792. The predicted octanol–water partition coefficient (Wildman–Crippen LogP) is 3.24. The van der Waals surface area contributed by atoms with Crippen LogP contribution in [0.3, 0.4) is 0 Å². The highest BCUT2D eigenvalue weighted by molar-refractivity contribution is 7.91. The van der Waals surface area contributed by atoms with E-state index in [1.807, 2.05) is 28.5 Å². The van der Waals surface area contributed by atoms with E-state index >= 15 is 0 Å². The van der Waals surface area contributed by atoms with Crippen molar-refractivity contribution in [2.75, 3.05) is 42.6 Å². The second-order valence-electron chi connectivity index (χ2n) is 8.51. The molecule has 1 atom stereocenters. The fraction of sp³-hybridized carbons (Fsp3) is 0.391. The lowest BCUT2D eigenvalue weighted by Crippen LogP contribution is -2.49. The number of nitrogens with zero attached hydrogens (tertiary/aromatic N) is 4. The number of benzene rings is 1. The number of thiophene rings is 1. The van der Waals surface area contributed by atoms with Gasteiger partial charge in [0, 0.05) is 31.9 Å². The van der Waals surface area contributed by atoms with Crippen molar-refractivity contribution in [3.05, 3.63) is 59.1 Å². The van der Waals surface area contributed by atoms with E-state index < -0.39 is 9.84 Å². The summed E-state index contributed by atoms with van der Waals surface area (Å²) in [5.74, 6) is 0.160. The van der Waals surface area contributed by atoms with Crippen molar-refractivity contribution in [2.24, 2.45) is 0 Å². The maximum Gasteiger partial charge on any atom is 0.274 e. The molecule has 0 radical (unpaired) electrons. The van der Waals surface area contributed by atoms with Gasteiger partial charge < -0.3 is 9.80 Å². The molecular formula is C23H26N4O3S2. The lowest BCUT2D eigenvalue weighted by Gasteiger charge is -2.36. The molecule has 0 bridgehead atoms. The Kier molecular flexibility index (Phi) is 5.54. The summed E-state index contributed by atoms with van der Waals surface area (Å²) < 4.78 is 25.9. The molecule has 1 aromatic carbocycles. The average molecular weight is 471 g/mol. The van der Waals surface area contributed by atoms with Crippen molar-refractivity contribution in [1.29, 1.82) is 0 Å². The minimum Gasteiger partial charge on any atom is -0.368 e. The summed E-state index contributed by atoms with van der Waals surface area (Å²) in [7, 11) is -3.05. The Morgan fingerprint density at radius 1 is 1.09 bits per heavy atom. The number of sulfone groups is 1. The fourth-order valence-corrected chi connectivity index (χ4v) is 6.93. The molecule has 0 spiro atoms. The first-order chi connectivity index (χ1) is 15.4. The Balaban J connectivity index is 1.36. The summed E-state index contributed by atoms with van der Waals surface area (Å²) in [6.45, 7) is 4.89. The van der Waals surface area contributed by atoms with Gasteiger partial charge in [0.25, 0.3) is 5.91 Å². The molecule has 168 valence electrons. The highest BCUT2D eigenvalue weighted by atomic mass is 32.2. The predicted molar refractivity (Wildman–Crippen MR) is 127 cm³/mol. The maximum absolute atomic E-state index is 13.3. The molecule has 2 fully saturated rings. The highest BCUT2D eigenvalue weighted by Gasteiger charge is 2.33. The fourth-order valence-electron chi connectivity index (χ4n) is 4.51. The topological polar surface area (TPSA) is 75.5 Å². The third-order valence-corrected chi connectivity index (χ3v) is 8.86. The van der Waals surface area contributed by atoms with E-state index in [9.17, 15) is 13.2 Å². The van der Waals surface area contributed by atoms with Crippen molar-refractivity contribution < 1.29 is 13.2 Å². The molecule has 4 heterocycles. The number of amides is 1. The summed E-state index contributed by atoms with van der Waals surface area (Å²) in [6, 6.07) is 14.0. The number of aryl methyl sites for hydroxylation is 1. The van der Waals surface area contributed by atoms with E-state index in [0.717, 1.165) is 23.7 Å². The number of rotatable bonds is 4. The van der Waals surface area contributed by atoms with Gasteiger partial charge in [0.1, 0.15) is 0 Å². The van der Waals surface area contributed by atoms with E-state index in [1.165, 1.54) is 11.3 Å². The SMILES string of the molecule is Cc1cccc(N2CCN(C(=O)c3cc(-c4cccs4)n(C4CCS(=O)(=O)C4)n3)CC2)c1. The van der Waals surface area contributed by atoms with Crippen LogP contribution in [0.2, 0.25) is 0 Å². The van der Waals surface area contributed by atoms with Crippen LogP contribution in [0.15, 0.2) is 47.8 Å². The molecule has 0 saturated carbocycles. The number of hydrogen-bond donors (Lipinski definition) is 0. The monoisotopic (exact) mass is 470 g/mol. The first kappa shape index (κ1) is 21.2. The van der Waals surface area contributed by atoms with E-state index in [-0.39, 0.29) is 23.5 Å². The number of hydrogen-bond acceptors (Lipinski definition) is 6. The Morgan fingerprint density at radius 2 is 1.91 bits per heavy atom. The maximum atomic E-state index is 13.3. The van der Waals surface area contributed by atoms with E-state index in [2.05, 4.69) is 41.2 Å². The van der Waals surface area contributed by atoms with Gasteiger partial charge in [0.2, 0.25) is 0 Å². The molecular weight excluding hydrogens is 444 g/mol. The van der Waals surface area contributed by atoms with E-state index in [4.69, 9.17) is 0 Å². The number of piperazine rings is 1. The standard InChI is InChI=1S/C23H26N4O3S2/c1-17-4-2-5-18(14-17)25-8-10-26(11-9-25)23(28)20-15-21(22-6-3-12-31-22)27(24-20)19-7-13-32(29,30)16-19/h2-6,12,14-15,19H,7-11,13,16H2,1H3. The van der Waals surface area contributed by atoms with Crippen molar-refractivity contribution in [2.45, 2.75) is 19.4 Å². The highest BCUT2D eigenvalue weighted by Crippen LogP contribution is 2.32. The minimum atomic E-state index is -3.05. The molecule has 1 amide bonds. The van der Waals surface area contributed by atoms with Crippen molar-refractivity contribution >= 4 is 32.8 Å². The lowest BCUT2D eigenvalue weighted by molar-refractivity contribution is 0.0739. The van der Waals surface area contributed by atoms with Gasteiger partial charge in [0.15, 0.2) is 15.5 Å². The van der Waals surface area contributed by atoms with Crippen molar-refractivity contribution in [3.8, 4) is 10.6 Å². The first-order valence-corrected chi connectivity index (χ1v) is 13.5. The van der Waals surface area contributed by atoms with Gasteiger partial charge in [-0.25, -0.2) is 8.42 Å². The molecule has 2 saturated heterocycles. The molecule has 2 aliphatic rings. The van der Waals surface area contributed by atoms with Crippen molar-refractivity contribution in [3.63, 3.8) is 0 Å². The molecule has 2 aromatic heterocycles. The smallest absolute Gasteiger partial charge is 0.274 e. The van der Waals surface area contributed by atoms with Crippen LogP contribution in [0.5, 0.6) is 0 Å². The summed E-state index contributed by atoms with van der Waals surface area (Å²) in [5, 5.41) is 6.61. The van der Waals surface area contributed by atoms with Gasteiger partial charge in [-0.05, 0) is 48.6 Å². The number of aromatic nitrogens is 2. The molecule has 7 nitrogen and oxygen atoms in total. The van der Waals surface area contributed by atoms with Crippen LogP contribution in [0, 0.1) is 6.92 Å². The number of carbonyl (C=O) groups excluding carboxylic acids is 1. The zero-order valence-corrected chi connectivity index (χ0v) is 19.6. The largest absolute Gasteiger partial charge is 0.368 e. The van der Waals surface area contributed by atoms with Gasteiger partial charge in [-0.2, -0.15) is 5.10 Å².